The highest BCUT2D eigenvalue weighted by Crippen LogP contribution is 2.08. The molecule has 0 saturated carbocycles. The monoisotopic (exact) mass is 476 g/mol. The molecule has 0 fully saturated rings. The summed E-state index contributed by atoms with van der Waals surface area (Å²) in [6.07, 6.45) is -1.72. The van der Waals surface area contributed by atoms with Crippen molar-refractivity contribution in [3.05, 3.63) is 0 Å². The summed E-state index contributed by atoms with van der Waals surface area (Å²) in [5.74, 6) is 0. The fraction of sp³-hybridized carbons (Fsp3) is 0.864. The molecule has 0 aromatic carbocycles. The molecule has 11 nitrogen and oxygen atoms in total. The van der Waals surface area contributed by atoms with Gasteiger partial charge < -0.3 is 35.3 Å². The van der Waals surface area contributed by atoms with Crippen LogP contribution in [0.2, 0.25) is 0 Å². The van der Waals surface area contributed by atoms with Crippen LogP contribution in [-0.2, 0) is 14.2 Å². The van der Waals surface area contributed by atoms with Gasteiger partial charge in [-0.2, -0.15) is 0 Å². The van der Waals surface area contributed by atoms with E-state index in [0.717, 1.165) is 0 Å². The number of amides is 3. The first-order valence-electron chi connectivity index (χ1n) is 11.2. The Balaban J connectivity index is 4.90. The number of alkyl carbamates (subject to hydrolysis) is 3. The second-order valence-electron chi connectivity index (χ2n) is 10.7. The quantitative estimate of drug-likeness (QED) is 0.352. The SMILES string of the molecule is CC(C)(C)OC(=O)NCCN(CCNC(=O)OC(C)(C)C)C[C@H](CO)NC(=O)OC(C)(C)C. The van der Waals surface area contributed by atoms with Gasteiger partial charge in [0.2, 0.25) is 0 Å². The van der Waals surface area contributed by atoms with Gasteiger partial charge in [0.15, 0.2) is 0 Å². The zero-order valence-corrected chi connectivity index (χ0v) is 21.7. The summed E-state index contributed by atoms with van der Waals surface area (Å²) in [7, 11) is 0. The topological polar surface area (TPSA) is 138 Å². The van der Waals surface area contributed by atoms with Crippen LogP contribution >= 0.6 is 0 Å². The number of nitrogens with one attached hydrogen (secondary N) is 3. The second-order valence-corrected chi connectivity index (χ2v) is 10.7. The minimum atomic E-state index is -0.668. The lowest BCUT2D eigenvalue weighted by Gasteiger charge is -2.29. The van der Waals surface area contributed by atoms with E-state index in [1.165, 1.54) is 0 Å². The molecule has 4 N–H and O–H groups in total. The number of carbonyl (C=O) groups is 3. The Morgan fingerprint density at radius 2 is 1.09 bits per heavy atom. The van der Waals surface area contributed by atoms with Gasteiger partial charge in [-0.3, -0.25) is 4.90 Å². The number of ether oxygens (including phenoxy) is 3. The third-order valence-electron chi connectivity index (χ3n) is 3.61. The van der Waals surface area contributed by atoms with Crippen molar-refractivity contribution in [1.82, 2.24) is 20.9 Å². The van der Waals surface area contributed by atoms with E-state index in [0.29, 0.717) is 13.1 Å². The Labute approximate surface area is 197 Å². The maximum atomic E-state index is 12.1. The van der Waals surface area contributed by atoms with Crippen LogP contribution in [0, 0.1) is 0 Å². The summed E-state index contributed by atoms with van der Waals surface area (Å²) < 4.78 is 15.7. The molecule has 33 heavy (non-hydrogen) atoms. The molecule has 0 aromatic heterocycles. The van der Waals surface area contributed by atoms with Gasteiger partial charge in [-0.25, -0.2) is 14.4 Å². The summed E-state index contributed by atoms with van der Waals surface area (Å²) in [5, 5.41) is 17.7. The molecule has 0 rings (SSSR count). The molecule has 0 bridgehead atoms. The van der Waals surface area contributed by atoms with Crippen LogP contribution in [0.25, 0.3) is 0 Å². The first-order valence-corrected chi connectivity index (χ1v) is 11.2. The smallest absolute Gasteiger partial charge is 0.407 e. The first-order chi connectivity index (χ1) is 14.9. The summed E-state index contributed by atoms with van der Waals surface area (Å²) in [6, 6.07) is -0.608. The molecule has 194 valence electrons. The van der Waals surface area contributed by atoms with Crippen LogP contribution in [0.4, 0.5) is 14.4 Å². The molecule has 0 heterocycles. The van der Waals surface area contributed by atoms with Gasteiger partial charge >= 0.3 is 18.3 Å². The summed E-state index contributed by atoms with van der Waals surface area (Å²) in [6.45, 7) is 17.2. The largest absolute Gasteiger partial charge is 0.444 e. The van der Waals surface area contributed by atoms with Gasteiger partial charge in [-0.05, 0) is 62.3 Å². The standard InChI is InChI=1S/C22H44N4O7/c1-20(2,3)31-17(28)23-10-12-26(13-11-24-18(29)32-21(4,5)6)14-16(15-27)25-19(30)33-22(7,8)9/h16,27H,10-15H2,1-9H3,(H,23,28)(H,24,29)(H,25,30)/t16-/m1/s1. The van der Waals surface area contributed by atoms with Crippen molar-refractivity contribution in [2.45, 2.75) is 85.2 Å². The zero-order chi connectivity index (χ0) is 25.9. The van der Waals surface area contributed by atoms with Crippen LogP contribution in [0.15, 0.2) is 0 Å². The third-order valence-corrected chi connectivity index (χ3v) is 3.61. The van der Waals surface area contributed by atoms with Crippen molar-refractivity contribution in [2.75, 3.05) is 39.3 Å². The molecule has 0 spiro atoms. The lowest BCUT2D eigenvalue weighted by atomic mass is 10.2. The van der Waals surface area contributed by atoms with Gasteiger partial charge in [0.1, 0.15) is 16.8 Å². The lowest BCUT2D eigenvalue weighted by Crippen LogP contribution is -2.50. The van der Waals surface area contributed by atoms with Crippen LogP contribution in [-0.4, -0.2) is 90.5 Å². The molecule has 0 unspecified atom stereocenters. The summed E-state index contributed by atoms with van der Waals surface area (Å²) >= 11 is 0. The Bertz CT molecular complexity index is 588. The van der Waals surface area contributed by atoms with Gasteiger partial charge in [-0.15, -0.1) is 0 Å². The minimum absolute atomic E-state index is 0.266. The van der Waals surface area contributed by atoms with E-state index in [9.17, 15) is 19.5 Å². The lowest BCUT2D eigenvalue weighted by molar-refractivity contribution is 0.0463. The molecule has 0 radical (unpaired) electrons. The number of carbonyl (C=O) groups excluding carboxylic acids is 3. The molecule has 0 aliphatic rings. The predicted octanol–water partition coefficient (Wildman–Crippen LogP) is 2.22. The van der Waals surface area contributed by atoms with Crippen molar-refractivity contribution < 1.29 is 33.7 Å². The number of nitrogens with zero attached hydrogens (tertiary/aromatic N) is 1. The van der Waals surface area contributed by atoms with Crippen molar-refractivity contribution in [3.8, 4) is 0 Å². The molecule has 0 aromatic rings. The average molecular weight is 477 g/mol. The molecular formula is C22H44N4O7. The maximum absolute atomic E-state index is 12.1. The normalized spacial score (nSPS) is 13.2. The number of hydrogen-bond donors (Lipinski definition) is 4. The van der Waals surface area contributed by atoms with E-state index in [-0.39, 0.29) is 26.2 Å². The third kappa shape index (κ3) is 19.0. The zero-order valence-electron chi connectivity index (χ0n) is 21.7. The van der Waals surface area contributed by atoms with Crippen molar-refractivity contribution >= 4 is 18.3 Å². The van der Waals surface area contributed by atoms with Gasteiger partial charge in [-0.1, -0.05) is 0 Å². The summed E-state index contributed by atoms with van der Waals surface area (Å²) in [5.41, 5.74) is -1.89. The van der Waals surface area contributed by atoms with Crippen LogP contribution < -0.4 is 16.0 Å². The van der Waals surface area contributed by atoms with E-state index in [1.807, 2.05) is 4.90 Å². The maximum Gasteiger partial charge on any atom is 0.407 e. The Morgan fingerprint density at radius 3 is 1.42 bits per heavy atom. The Hall–Kier alpha value is -2.27. The van der Waals surface area contributed by atoms with Crippen LogP contribution in [0.1, 0.15) is 62.3 Å². The predicted molar refractivity (Wildman–Crippen MR) is 125 cm³/mol. The molecule has 0 aliphatic carbocycles. The molecule has 1 atom stereocenters. The highest BCUT2D eigenvalue weighted by Gasteiger charge is 2.22. The van der Waals surface area contributed by atoms with Crippen molar-refractivity contribution in [2.24, 2.45) is 0 Å². The summed E-state index contributed by atoms with van der Waals surface area (Å²) in [4.78, 5) is 37.7. The van der Waals surface area contributed by atoms with Gasteiger partial charge in [0.05, 0.1) is 12.6 Å². The van der Waals surface area contributed by atoms with Gasteiger partial charge in [0, 0.05) is 32.7 Å². The molecule has 0 saturated heterocycles. The highest BCUT2D eigenvalue weighted by atomic mass is 16.6. The van der Waals surface area contributed by atoms with E-state index in [1.54, 1.807) is 62.3 Å². The highest BCUT2D eigenvalue weighted by molar-refractivity contribution is 5.68. The van der Waals surface area contributed by atoms with E-state index in [4.69, 9.17) is 14.2 Å². The van der Waals surface area contributed by atoms with E-state index < -0.39 is 41.1 Å². The number of aliphatic hydroxyl groups excluding tert-OH is 1. The average Bonchev–Trinajstić information content (AvgIpc) is 2.55. The fourth-order valence-electron chi connectivity index (χ4n) is 2.49. The Kier molecular flexibility index (Phi) is 12.5. The fourth-order valence-corrected chi connectivity index (χ4v) is 2.49. The molecule has 0 aliphatic heterocycles. The minimum Gasteiger partial charge on any atom is -0.444 e. The number of aliphatic hydroxyl groups is 1. The number of rotatable bonds is 10. The van der Waals surface area contributed by atoms with E-state index >= 15 is 0 Å². The second kappa shape index (κ2) is 13.4. The van der Waals surface area contributed by atoms with Crippen LogP contribution in [0.5, 0.6) is 0 Å². The van der Waals surface area contributed by atoms with Crippen molar-refractivity contribution in [1.29, 1.82) is 0 Å². The molecular weight excluding hydrogens is 432 g/mol. The number of hydrogen-bond acceptors (Lipinski definition) is 8. The first kappa shape index (κ1) is 30.7. The van der Waals surface area contributed by atoms with Crippen molar-refractivity contribution in [3.63, 3.8) is 0 Å². The van der Waals surface area contributed by atoms with Gasteiger partial charge in [0.25, 0.3) is 0 Å². The van der Waals surface area contributed by atoms with E-state index in [2.05, 4.69) is 16.0 Å². The Morgan fingerprint density at radius 1 is 0.727 bits per heavy atom. The molecule has 3 amide bonds. The molecule has 11 heteroatoms. The van der Waals surface area contributed by atoms with Crippen LogP contribution in [0.3, 0.4) is 0 Å².